The number of halogens is 1. The second-order valence-electron chi connectivity index (χ2n) is 5.76. The Morgan fingerprint density at radius 3 is 2.74 bits per heavy atom. The van der Waals surface area contributed by atoms with Crippen molar-refractivity contribution in [1.29, 1.82) is 0 Å². The van der Waals surface area contributed by atoms with Crippen LogP contribution in [-0.2, 0) is 0 Å². The van der Waals surface area contributed by atoms with Crippen molar-refractivity contribution in [2.24, 2.45) is 11.5 Å². The van der Waals surface area contributed by atoms with E-state index in [-0.39, 0.29) is 16.1 Å². The number of thiocarbonyl (C=S) groups is 1. The maximum absolute atomic E-state index is 11.7. The maximum atomic E-state index is 11.7. The third kappa shape index (κ3) is 4.12. The summed E-state index contributed by atoms with van der Waals surface area (Å²) in [6.45, 7) is 0. The van der Waals surface area contributed by atoms with Gasteiger partial charge >= 0.3 is 0 Å². The van der Waals surface area contributed by atoms with Crippen molar-refractivity contribution < 1.29 is 14.3 Å². The number of fused-ring (bicyclic) bond motifs is 1. The number of benzene rings is 1. The van der Waals surface area contributed by atoms with Gasteiger partial charge in [-0.2, -0.15) is 0 Å². The van der Waals surface area contributed by atoms with Crippen LogP contribution in [0.15, 0.2) is 48.0 Å². The molecule has 1 atom stereocenters. The number of amides is 1. The Labute approximate surface area is 166 Å². The summed E-state index contributed by atoms with van der Waals surface area (Å²) in [6.07, 6.45) is 5.59. The molecule has 1 aliphatic carbocycles. The van der Waals surface area contributed by atoms with Crippen LogP contribution in [0.2, 0.25) is 0 Å². The fraction of sp³-hybridized carbons (Fsp3) is 0.167. The predicted octanol–water partition coefficient (Wildman–Crippen LogP) is 2.33. The molecule has 1 amide bonds. The van der Waals surface area contributed by atoms with Crippen molar-refractivity contribution in [2.75, 3.05) is 7.11 Å². The summed E-state index contributed by atoms with van der Waals surface area (Å²) in [5, 5.41) is 3.27. The first-order chi connectivity index (χ1) is 12.9. The molecule has 0 spiro atoms. The summed E-state index contributed by atoms with van der Waals surface area (Å²) in [5.41, 5.74) is 12.5. The van der Waals surface area contributed by atoms with Gasteiger partial charge in [0.15, 0.2) is 5.11 Å². The van der Waals surface area contributed by atoms with E-state index in [1.54, 1.807) is 36.5 Å². The number of hydrogen-bond donors (Lipinski definition) is 3. The van der Waals surface area contributed by atoms with Crippen LogP contribution in [0.5, 0.6) is 11.5 Å². The smallest absolute Gasteiger partial charge is 0.252 e. The van der Waals surface area contributed by atoms with Crippen LogP contribution in [0.3, 0.4) is 0 Å². The van der Waals surface area contributed by atoms with Gasteiger partial charge in [-0.25, -0.2) is 0 Å². The van der Waals surface area contributed by atoms with E-state index < -0.39 is 5.91 Å². The van der Waals surface area contributed by atoms with Crippen LogP contribution in [0, 0.1) is 0 Å². The minimum Gasteiger partial charge on any atom is -0.496 e. The Bertz CT molecular complexity index is 990. The van der Waals surface area contributed by atoms with Gasteiger partial charge in [0.1, 0.15) is 17.3 Å². The molecule has 3 rings (SSSR count). The molecule has 0 bridgehead atoms. The van der Waals surface area contributed by atoms with E-state index in [2.05, 4.69) is 10.3 Å². The normalized spacial score (nSPS) is 16.3. The highest BCUT2D eigenvalue weighted by molar-refractivity contribution is 7.80. The van der Waals surface area contributed by atoms with Crippen LogP contribution in [0.4, 0.5) is 0 Å². The molecule has 7 nitrogen and oxygen atoms in total. The van der Waals surface area contributed by atoms with Gasteiger partial charge in [-0.05, 0) is 36.5 Å². The average Bonchev–Trinajstić information content (AvgIpc) is 2.62. The molecule has 1 unspecified atom stereocenters. The number of allylic oxidation sites excluding steroid dienone is 4. The zero-order valence-electron chi connectivity index (χ0n) is 14.4. The summed E-state index contributed by atoms with van der Waals surface area (Å²) in [4.78, 5) is 16.0. The van der Waals surface area contributed by atoms with Gasteiger partial charge in [-0.1, -0.05) is 0 Å². The number of nitrogens with zero attached hydrogens (tertiary/aromatic N) is 1. The number of hydrogen-bond acceptors (Lipinski definition) is 5. The number of alkyl halides is 1. The molecule has 5 N–H and O–H groups in total. The Morgan fingerprint density at radius 1 is 1.33 bits per heavy atom. The zero-order chi connectivity index (χ0) is 19.6. The highest BCUT2D eigenvalue weighted by Crippen LogP contribution is 2.33. The lowest BCUT2D eigenvalue weighted by molar-refractivity contribution is 0.0997. The minimum absolute atomic E-state index is 0.151. The second-order valence-corrected chi connectivity index (χ2v) is 6.73. The molecule has 9 heteroatoms. The third-order valence-corrected chi connectivity index (χ3v) is 4.45. The summed E-state index contributed by atoms with van der Waals surface area (Å²) in [6, 6.07) is 4.96. The lowest BCUT2D eigenvalue weighted by atomic mass is 10.1. The number of rotatable bonds is 5. The van der Waals surface area contributed by atoms with Crippen LogP contribution in [0.25, 0.3) is 10.9 Å². The zero-order valence-corrected chi connectivity index (χ0v) is 15.9. The highest BCUT2D eigenvalue weighted by atomic mass is 35.5. The van der Waals surface area contributed by atoms with Crippen molar-refractivity contribution in [3.63, 3.8) is 0 Å². The van der Waals surface area contributed by atoms with Crippen LogP contribution in [0.1, 0.15) is 16.8 Å². The number of nitrogens with one attached hydrogen (secondary N) is 1. The first kappa shape index (κ1) is 18.9. The monoisotopic (exact) mass is 404 g/mol. The molecule has 0 aliphatic heterocycles. The number of ether oxygens (including phenoxy) is 2. The summed E-state index contributed by atoms with van der Waals surface area (Å²) >= 11 is 11.2. The minimum atomic E-state index is -0.599. The molecule has 0 radical (unpaired) electrons. The van der Waals surface area contributed by atoms with E-state index in [4.69, 9.17) is 44.8 Å². The molecule has 140 valence electrons. The largest absolute Gasteiger partial charge is 0.496 e. The van der Waals surface area contributed by atoms with Gasteiger partial charge in [-0.3, -0.25) is 9.78 Å². The Balaban J connectivity index is 1.97. The summed E-state index contributed by atoms with van der Waals surface area (Å²) in [5.74, 6) is 0.929. The predicted molar refractivity (Wildman–Crippen MR) is 108 cm³/mol. The number of carbonyl (C=O) groups is 1. The van der Waals surface area contributed by atoms with E-state index in [9.17, 15) is 4.79 Å². The van der Waals surface area contributed by atoms with Crippen LogP contribution >= 0.6 is 23.8 Å². The van der Waals surface area contributed by atoms with Gasteiger partial charge in [0.05, 0.1) is 23.6 Å². The van der Waals surface area contributed by atoms with E-state index in [0.717, 1.165) is 0 Å². The first-order valence-electron chi connectivity index (χ1n) is 7.94. The Morgan fingerprint density at radius 2 is 2.11 bits per heavy atom. The maximum Gasteiger partial charge on any atom is 0.252 e. The Kier molecular flexibility index (Phi) is 5.48. The molecule has 27 heavy (non-hydrogen) atoms. The van der Waals surface area contributed by atoms with Crippen molar-refractivity contribution in [2.45, 2.75) is 11.8 Å². The van der Waals surface area contributed by atoms with Gasteiger partial charge in [0.2, 0.25) is 0 Å². The number of nitrogens with two attached hydrogens (primary N) is 2. The van der Waals surface area contributed by atoms with Crippen molar-refractivity contribution >= 4 is 45.7 Å². The molecule has 1 aliphatic rings. The number of aromatic nitrogens is 1. The summed E-state index contributed by atoms with van der Waals surface area (Å²) in [7, 11) is 1.46. The van der Waals surface area contributed by atoms with Crippen LogP contribution in [-0.4, -0.2) is 28.5 Å². The number of methoxy groups -OCH3 is 1. The van der Waals surface area contributed by atoms with Crippen molar-refractivity contribution in [3.05, 3.63) is 53.6 Å². The molecule has 1 aromatic heterocycles. The van der Waals surface area contributed by atoms with Gasteiger partial charge in [0, 0.05) is 29.8 Å². The molecule has 1 heterocycles. The SMILES string of the molecule is COc1cc2nccc(OC3=CC=C(NC(N)=S)C(Cl)C3)c2cc1C(N)=O. The molecule has 0 saturated heterocycles. The summed E-state index contributed by atoms with van der Waals surface area (Å²) < 4.78 is 11.2. The van der Waals surface area contributed by atoms with E-state index in [0.29, 0.717) is 40.3 Å². The van der Waals surface area contributed by atoms with E-state index >= 15 is 0 Å². The topological polar surface area (TPSA) is 112 Å². The fourth-order valence-corrected chi connectivity index (χ4v) is 3.12. The molecular weight excluding hydrogens is 388 g/mol. The number of primary amides is 1. The van der Waals surface area contributed by atoms with Crippen LogP contribution < -0.4 is 26.3 Å². The van der Waals surface area contributed by atoms with Gasteiger partial charge in [-0.15, -0.1) is 11.6 Å². The standard InChI is InChI=1S/C18H17ClN4O3S/c1-25-16-8-14-10(7-11(16)17(20)24)15(4-5-22-14)26-9-2-3-13(12(19)6-9)23-18(21)27/h2-5,7-8,12H,6H2,1H3,(H2,20,24)(H3,21,23,27). The number of pyridine rings is 1. The molecule has 0 fully saturated rings. The average molecular weight is 405 g/mol. The van der Waals surface area contributed by atoms with Crippen molar-refractivity contribution in [1.82, 2.24) is 10.3 Å². The van der Waals surface area contributed by atoms with Crippen molar-refractivity contribution in [3.8, 4) is 11.5 Å². The lowest BCUT2D eigenvalue weighted by Gasteiger charge is -2.21. The third-order valence-electron chi connectivity index (χ3n) is 3.96. The quantitative estimate of drug-likeness (QED) is 0.517. The fourth-order valence-electron chi connectivity index (χ4n) is 2.72. The van der Waals surface area contributed by atoms with Gasteiger partial charge < -0.3 is 26.3 Å². The second kappa shape index (κ2) is 7.81. The van der Waals surface area contributed by atoms with E-state index in [1.165, 1.54) is 7.11 Å². The Hall–Kier alpha value is -2.84. The molecule has 0 saturated carbocycles. The molecular formula is C18H17ClN4O3S. The first-order valence-corrected chi connectivity index (χ1v) is 8.79. The molecule has 1 aromatic carbocycles. The van der Waals surface area contributed by atoms with E-state index in [1.807, 2.05) is 0 Å². The lowest BCUT2D eigenvalue weighted by Crippen LogP contribution is -2.33. The highest BCUT2D eigenvalue weighted by Gasteiger charge is 2.20. The number of carbonyl (C=O) groups excluding carboxylic acids is 1. The van der Waals surface area contributed by atoms with Gasteiger partial charge in [0.25, 0.3) is 5.91 Å². The molecule has 2 aromatic rings.